The maximum absolute atomic E-state index is 7.17. The zero-order valence-corrected chi connectivity index (χ0v) is 24.1. The Labute approximate surface area is 197 Å². The first-order chi connectivity index (χ1) is 15.5. The van der Waals surface area contributed by atoms with Crippen LogP contribution in [0, 0.1) is 0 Å². The van der Waals surface area contributed by atoms with E-state index in [1.54, 1.807) is 0 Å². The lowest BCUT2D eigenvalue weighted by Crippen LogP contribution is -2.74. The van der Waals surface area contributed by atoms with Crippen LogP contribution in [-0.2, 0) is 34.2 Å². The van der Waals surface area contributed by atoms with Crippen molar-refractivity contribution in [2.24, 2.45) is 0 Å². The smallest absolute Gasteiger partial charge is 0.374 e. The van der Waals surface area contributed by atoms with Crippen molar-refractivity contribution in [2.45, 2.75) is 101 Å². The largest absolute Gasteiger partial charge is 0.489 e. The Bertz CT molecular complexity index is 548. The molecule has 1 aliphatic heterocycles. The molecule has 184 valence electrons. The molecule has 8 nitrogen and oxygen atoms in total. The van der Waals surface area contributed by atoms with Crippen molar-refractivity contribution >= 4 is 35.2 Å². The molecule has 5 fully saturated rings. The summed E-state index contributed by atoms with van der Waals surface area (Å²) in [5, 5.41) is 0. The van der Waals surface area contributed by atoms with Crippen molar-refractivity contribution < 1.29 is 34.2 Å². The van der Waals surface area contributed by atoms with E-state index < -0.39 is 35.2 Å². The third kappa shape index (κ3) is 4.55. The molecule has 0 atom stereocenters. The molecule has 0 radical (unpaired) electrons. The summed E-state index contributed by atoms with van der Waals surface area (Å²) in [6.07, 6.45) is 8.49. The van der Waals surface area contributed by atoms with E-state index in [1.807, 2.05) is 27.7 Å². The summed E-state index contributed by atoms with van der Waals surface area (Å²) < 4.78 is 54.7. The minimum Gasteiger partial charge on any atom is -0.374 e. The second-order valence-corrected chi connectivity index (χ2v) is 22.2. The lowest BCUT2D eigenvalue weighted by atomic mass is 10.9. The Morgan fingerprint density at radius 2 is 0.625 bits per heavy atom. The molecule has 4 saturated carbocycles. The van der Waals surface area contributed by atoms with Crippen LogP contribution in [0.25, 0.3) is 0 Å². The maximum Gasteiger partial charge on any atom is 0.489 e. The molecule has 1 heterocycles. The number of rotatable bonds is 12. The summed E-state index contributed by atoms with van der Waals surface area (Å²) in [5.41, 5.74) is 1.14. The molecular weight excluding hydrogens is 481 g/mol. The Kier molecular flexibility index (Phi) is 6.98. The van der Waals surface area contributed by atoms with Crippen LogP contribution in [-0.4, -0.2) is 61.6 Å². The molecule has 0 bridgehead atoms. The third-order valence-electron chi connectivity index (χ3n) is 6.83. The van der Waals surface area contributed by atoms with Gasteiger partial charge in [-0.1, -0.05) is 0 Å². The van der Waals surface area contributed by atoms with Crippen LogP contribution in [0.4, 0.5) is 0 Å². The van der Waals surface area contributed by atoms with E-state index in [2.05, 4.69) is 0 Å². The molecule has 5 rings (SSSR count). The lowest BCUT2D eigenvalue weighted by Gasteiger charge is -2.50. The van der Waals surface area contributed by atoms with Crippen molar-refractivity contribution in [3.8, 4) is 0 Å². The summed E-state index contributed by atoms with van der Waals surface area (Å²) >= 11 is 0. The lowest BCUT2D eigenvalue weighted by molar-refractivity contribution is 0.0142. The zero-order valence-electron chi connectivity index (χ0n) is 20.1. The van der Waals surface area contributed by atoms with Gasteiger partial charge in [-0.05, 0) is 79.1 Å². The van der Waals surface area contributed by atoms with Gasteiger partial charge in [0.25, 0.3) is 0 Å². The van der Waals surface area contributed by atoms with E-state index in [-0.39, 0.29) is 22.2 Å². The molecular formula is C20H40O8Si4. The highest BCUT2D eigenvalue weighted by molar-refractivity contribution is 6.91. The molecule has 32 heavy (non-hydrogen) atoms. The van der Waals surface area contributed by atoms with Gasteiger partial charge in [0.1, 0.15) is 0 Å². The van der Waals surface area contributed by atoms with E-state index >= 15 is 0 Å². The van der Waals surface area contributed by atoms with E-state index in [0.29, 0.717) is 26.4 Å². The highest BCUT2D eigenvalue weighted by Gasteiger charge is 2.77. The topological polar surface area (TPSA) is 73.8 Å². The zero-order chi connectivity index (χ0) is 22.5. The molecule has 0 aromatic carbocycles. The van der Waals surface area contributed by atoms with Gasteiger partial charge in [0.2, 0.25) is 0 Å². The van der Waals surface area contributed by atoms with Gasteiger partial charge in [-0.3, -0.25) is 0 Å². The number of hydrogen-bond acceptors (Lipinski definition) is 8. The van der Waals surface area contributed by atoms with Crippen LogP contribution < -0.4 is 0 Å². The van der Waals surface area contributed by atoms with E-state index in [9.17, 15) is 0 Å². The molecule has 12 heteroatoms. The van der Waals surface area contributed by atoms with Gasteiger partial charge in [0.05, 0.1) is 0 Å². The second-order valence-electron chi connectivity index (χ2n) is 9.65. The Balaban J connectivity index is 1.61. The SMILES string of the molecule is CCO[Si]1(C2CC2)O[Si](OCC)(C2CC2)O[Si](OCC)(C2CC2)O[Si](OCC)(C2CC2)O1. The van der Waals surface area contributed by atoms with Crippen molar-refractivity contribution in [2.75, 3.05) is 26.4 Å². The Morgan fingerprint density at radius 3 is 0.750 bits per heavy atom. The van der Waals surface area contributed by atoms with Crippen LogP contribution >= 0.6 is 0 Å². The summed E-state index contributed by atoms with van der Waals surface area (Å²) in [5.74, 6) is 0. The highest BCUT2D eigenvalue weighted by Crippen LogP contribution is 2.61. The van der Waals surface area contributed by atoms with E-state index in [4.69, 9.17) is 34.2 Å². The highest BCUT2D eigenvalue weighted by atomic mass is 28.6. The predicted molar refractivity (Wildman–Crippen MR) is 126 cm³/mol. The Hall–Kier alpha value is 0.548. The van der Waals surface area contributed by atoms with Gasteiger partial charge in [-0.2, -0.15) is 0 Å². The molecule has 0 amide bonds. The first-order valence-electron chi connectivity index (χ1n) is 12.9. The van der Waals surface area contributed by atoms with Gasteiger partial charge < -0.3 is 34.2 Å². The molecule has 1 saturated heterocycles. The predicted octanol–water partition coefficient (Wildman–Crippen LogP) is 4.62. The average Bonchev–Trinajstić information content (AvgIpc) is 3.59. The average molecular weight is 521 g/mol. The summed E-state index contributed by atoms with van der Waals surface area (Å²) in [4.78, 5) is 0. The molecule has 0 unspecified atom stereocenters. The molecule has 0 aromatic rings. The van der Waals surface area contributed by atoms with Crippen LogP contribution in [0.5, 0.6) is 0 Å². The molecule has 0 N–H and O–H groups in total. The van der Waals surface area contributed by atoms with Crippen molar-refractivity contribution in [1.29, 1.82) is 0 Å². The van der Waals surface area contributed by atoms with Gasteiger partial charge in [0, 0.05) is 48.6 Å². The van der Waals surface area contributed by atoms with Crippen molar-refractivity contribution in [1.82, 2.24) is 0 Å². The number of hydrogen-bond donors (Lipinski definition) is 0. The minimum absolute atomic E-state index is 0.286. The third-order valence-corrected chi connectivity index (χ3v) is 25.0. The van der Waals surface area contributed by atoms with E-state index in [1.165, 1.54) is 0 Å². The van der Waals surface area contributed by atoms with Crippen LogP contribution in [0.15, 0.2) is 0 Å². The van der Waals surface area contributed by atoms with Crippen LogP contribution in [0.3, 0.4) is 0 Å². The normalized spacial score (nSPS) is 43.1. The fraction of sp³-hybridized carbons (Fsp3) is 1.00. The molecule has 0 aromatic heterocycles. The van der Waals surface area contributed by atoms with E-state index in [0.717, 1.165) is 51.4 Å². The maximum atomic E-state index is 7.17. The molecule has 0 spiro atoms. The van der Waals surface area contributed by atoms with Gasteiger partial charge >= 0.3 is 35.2 Å². The monoisotopic (exact) mass is 520 g/mol. The van der Waals surface area contributed by atoms with Crippen molar-refractivity contribution in [3.63, 3.8) is 0 Å². The van der Waals surface area contributed by atoms with Gasteiger partial charge in [-0.25, -0.2) is 0 Å². The fourth-order valence-electron chi connectivity index (χ4n) is 4.80. The standard InChI is InChI=1S/C20H40O8Si4/c1-5-21-29(17-9-10-17)25-30(22-6-2,18-11-12-18)27-32(24-8-4,20-15-16-20)28-31(26-29,23-7-3)19-13-14-19/h17-20H,5-16H2,1-4H3. The summed E-state index contributed by atoms with van der Waals surface area (Å²) in [6.45, 7) is 10.3. The minimum atomic E-state index is -3.13. The van der Waals surface area contributed by atoms with Gasteiger partial charge in [-0.15, -0.1) is 0 Å². The summed E-state index contributed by atoms with van der Waals surface area (Å²) in [6, 6.07) is 0. The molecule has 5 aliphatic rings. The first-order valence-corrected chi connectivity index (χ1v) is 20.1. The molecule has 4 aliphatic carbocycles. The van der Waals surface area contributed by atoms with Crippen LogP contribution in [0.2, 0.25) is 22.2 Å². The second kappa shape index (κ2) is 9.21. The summed E-state index contributed by atoms with van der Waals surface area (Å²) in [7, 11) is -12.5. The first kappa shape index (κ1) is 24.3. The van der Waals surface area contributed by atoms with Gasteiger partial charge in [0.15, 0.2) is 0 Å². The fourth-order valence-corrected chi connectivity index (χ4v) is 26.6. The van der Waals surface area contributed by atoms with Crippen LogP contribution in [0.1, 0.15) is 79.1 Å². The Morgan fingerprint density at radius 1 is 0.438 bits per heavy atom. The van der Waals surface area contributed by atoms with Crippen molar-refractivity contribution in [3.05, 3.63) is 0 Å². The quantitative estimate of drug-likeness (QED) is 0.345.